The summed E-state index contributed by atoms with van der Waals surface area (Å²) in [7, 11) is 0. The fourth-order valence-electron chi connectivity index (χ4n) is 2.67. The average Bonchev–Trinajstić information content (AvgIpc) is 2.59. The van der Waals surface area contributed by atoms with E-state index in [9.17, 15) is 19.7 Å². The largest absolute Gasteiger partial charge is 0.460 e. The Hall–Kier alpha value is -2.90. The molecule has 8 nitrogen and oxygen atoms in total. The first kappa shape index (κ1) is 19.4. The second-order valence-corrected chi connectivity index (χ2v) is 6.09. The quantitative estimate of drug-likeness (QED) is 0.322. The van der Waals surface area contributed by atoms with Crippen molar-refractivity contribution in [1.29, 1.82) is 0 Å². The molecule has 2 aromatic rings. The molecule has 0 saturated heterocycles. The van der Waals surface area contributed by atoms with Crippen LogP contribution >= 0.6 is 0 Å². The second-order valence-electron chi connectivity index (χ2n) is 6.09. The molecule has 2 rings (SSSR count). The lowest BCUT2D eigenvalue weighted by Gasteiger charge is -2.21. The number of ether oxygens (including phenoxy) is 1. The molecule has 140 valence electrons. The molecule has 1 aromatic heterocycles. The number of fused-ring (bicyclic) bond motifs is 1. The Labute approximate surface area is 150 Å². The Bertz CT molecular complexity index is 883. The standard InChI is InChI=1S/C18H22N2O6/c1-5-19(6-2)12-7-8-13-14(10-25-17(21)11(3)4)16(20(23)24)18(22)26-15(13)9-12/h7-9,11H,5-6,10H2,1-4H3. The van der Waals surface area contributed by atoms with Crippen LogP contribution in [0.4, 0.5) is 11.4 Å². The number of carbonyl (C=O) groups excluding carboxylic acids is 1. The molecule has 0 N–H and O–H groups in total. The molecule has 0 bridgehead atoms. The molecule has 0 fully saturated rings. The van der Waals surface area contributed by atoms with Crippen LogP contribution < -0.4 is 10.5 Å². The van der Waals surface area contributed by atoms with Crippen LogP contribution in [0.5, 0.6) is 0 Å². The lowest BCUT2D eigenvalue weighted by atomic mass is 10.1. The number of esters is 1. The number of nitrogens with zero attached hydrogens (tertiary/aromatic N) is 2. The monoisotopic (exact) mass is 362 g/mol. The zero-order valence-electron chi connectivity index (χ0n) is 15.3. The van der Waals surface area contributed by atoms with Crippen LogP contribution in [0.15, 0.2) is 27.4 Å². The summed E-state index contributed by atoms with van der Waals surface area (Å²) in [5.74, 6) is -0.879. The van der Waals surface area contributed by atoms with Gasteiger partial charge >= 0.3 is 17.3 Å². The molecule has 1 aromatic carbocycles. The molecule has 1 heterocycles. The van der Waals surface area contributed by atoms with E-state index in [0.29, 0.717) is 5.39 Å². The molecular formula is C18H22N2O6. The van der Waals surface area contributed by atoms with E-state index in [1.54, 1.807) is 32.0 Å². The van der Waals surface area contributed by atoms with E-state index in [2.05, 4.69) is 4.90 Å². The van der Waals surface area contributed by atoms with Crippen molar-refractivity contribution in [2.75, 3.05) is 18.0 Å². The van der Waals surface area contributed by atoms with Gasteiger partial charge in [-0.05, 0) is 26.0 Å². The highest BCUT2D eigenvalue weighted by Gasteiger charge is 2.26. The fourth-order valence-corrected chi connectivity index (χ4v) is 2.67. The fraction of sp³-hybridized carbons (Fsp3) is 0.444. The maximum absolute atomic E-state index is 12.1. The van der Waals surface area contributed by atoms with Gasteiger partial charge in [0.2, 0.25) is 0 Å². The smallest absolute Gasteiger partial charge is 0.415 e. The van der Waals surface area contributed by atoms with Crippen molar-refractivity contribution in [3.8, 4) is 0 Å². The summed E-state index contributed by atoms with van der Waals surface area (Å²) in [5.41, 5.74) is -0.661. The highest BCUT2D eigenvalue weighted by Crippen LogP contribution is 2.29. The summed E-state index contributed by atoms with van der Waals surface area (Å²) in [5, 5.41) is 11.7. The van der Waals surface area contributed by atoms with Gasteiger partial charge in [-0.1, -0.05) is 13.8 Å². The normalized spacial score (nSPS) is 11.0. The molecule has 0 unspecified atom stereocenters. The number of carbonyl (C=O) groups is 1. The summed E-state index contributed by atoms with van der Waals surface area (Å²) in [4.78, 5) is 36.5. The molecule has 8 heteroatoms. The van der Waals surface area contributed by atoms with Gasteiger partial charge in [-0.3, -0.25) is 14.9 Å². The van der Waals surface area contributed by atoms with Crippen molar-refractivity contribution in [3.05, 3.63) is 44.3 Å². The van der Waals surface area contributed by atoms with E-state index in [1.165, 1.54) is 0 Å². The summed E-state index contributed by atoms with van der Waals surface area (Å²) in [6.07, 6.45) is 0. The van der Waals surface area contributed by atoms with Crippen molar-refractivity contribution in [2.24, 2.45) is 5.92 Å². The van der Waals surface area contributed by atoms with Crippen molar-refractivity contribution in [1.82, 2.24) is 0 Å². The molecule has 26 heavy (non-hydrogen) atoms. The lowest BCUT2D eigenvalue weighted by Crippen LogP contribution is -2.21. The molecule has 0 aliphatic heterocycles. The van der Waals surface area contributed by atoms with Crippen molar-refractivity contribution in [3.63, 3.8) is 0 Å². The van der Waals surface area contributed by atoms with Crippen molar-refractivity contribution < 1.29 is 18.9 Å². The molecular weight excluding hydrogens is 340 g/mol. The van der Waals surface area contributed by atoms with Gasteiger partial charge in [0.1, 0.15) is 12.2 Å². The number of nitro groups is 1. The molecule has 0 aliphatic rings. The van der Waals surface area contributed by atoms with Gasteiger partial charge in [0.25, 0.3) is 0 Å². The third kappa shape index (κ3) is 3.84. The van der Waals surface area contributed by atoms with E-state index < -0.39 is 22.2 Å². The van der Waals surface area contributed by atoms with Crippen LogP contribution in [0.3, 0.4) is 0 Å². The van der Waals surface area contributed by atoms with Gasteiger partial charge in [0.05, 0.1) is 16.4 Å². The first-order valence-electron chi connectivity index (χ1n) is 8.45. The molecule has 0 aliphatic carbocycles. The minimum Gasteiger partial charge on any atom is -0.460 e. The number of anilines is 1. The second kappa shape index (κ2) is 7.99. The zero-order valence-corrected chi connectivity index (χ0v) is 15.3. The minimum absolute atomic E-state index is 0.0429. The highest BCUT2D eigenvalue weighted by atomic mass is 16.6. The molecule has 0 radical (unpaired) electrons. The topological polar surface area (TPSA) is 103 Å². The first-order chi connectivity index (χ1) is 12.3. The molecule has 0 spiro atoms. The Kier molecular flexibility index (Phi) is 5.97. The summed E-state index contributed by atoms with van der Waals surface area (Å²) in [6, 6.07) is 5.12. The van der Waals surface area contributed by atoms with Crippen LogP contribution in [-0.2, 0) is 16.1 Å². The van der Waals surface area contributed by atoms with Gasteiger partial charge in [-0.2, -0.15) is 0 Å². The summed E-state index contributed by atoms with van der Waals surface area (Å²) < 4.78 is 10.3. The van der Waals surface area contributed by atoms with Crippen LogP contribution in [0.25, 0.3) is 11.0 Å². The average molecular weight is 362 g/mol. The van der Waals surface area contributed by atoms with Crippen LogP contribution in [0.2, 0.25) is 0 Å². The SMILES string of the molecule is CCN(CC)c1ccc2c(COC(=O)C(C)C)c([N+](=O)[O-])c(=O)oc2c1. The van der Waals surface area contributed by atoms with Crippen molar-refractivity contribution >= 4 is 28.3 Å². The molecule has 0 amide bonds. The predicted molar refractivity (Wildman–Crippen MR) is 97.3 cm³/mol. The van der Waals surface area contributed by atoms with Crippen LogP contribution in [0.1, 0.15) is 33.3 Å². The Morgan fingerprint density at radius 1 is 1.31 bits per heavy atom. The van der Waals surface area contributed by atoms with E-state index in [-0.39, 0.29) is 23.7 Å². The van der Waals surface area contributed by atoms with Gasteiger partial charge < -0.3 is 14.1 Å². The number of hydrogen-bond donors (Lipinski definition) is 0. The third-order valence-corrected chi connectivity index (χ3v) is 4.11. The summed E-state index contributed by atoms with van der Waals surface area (Å²) >= 11 is 0. The Balaban J connectivity index is 2.61. The maximum atomic E-state index is 12.1. The van der Waals surface area contributed by atoms with Crippen molar-refractivity contribution in [2.45, 2.75) is 34.3 Å². The number of benzene rings is 1. The first-order valence-corrected chi connectivity index (χ1v) is 8.45. The van der Waals surface area contributed by atoms with E-state index in [0.717, 1.165) is 18.8 Å². The van der Waals surface area contributed by atoms with Gasteiger partial charge in [-0.25, -0.2) is 4.79 Å². The lowest BCUT2D eigenvalue weighted by molar-refractivity contribution is -0.388. The van der Waals surface area contributed by atoms with E-state index >= 15 is 0 Å². The zero-order chi connectivity index (χ0) is 19.4. The van der Waals surface area contributed by atoms with Crippen LogP contribution in [-0.4, -0.2) is 24.0 Å². The third-order valence-electron chi connectivity index (χ3n) is 4.11. The van der Waals surface area contributed by atoms with Crippen LogP contribution in [0, 0.1) is 16.0 Å². The van der Waals surface area contributed by atoms with Gasteiger partial charge in [-0.15, -0.1) is 0 Å². The van der Waals surface area contributed by atoms with E-state index in [1.807, 2.05) is 13.8 Å². The predicted octanol–water partition coefficient (Wildman–Crippen LogP) is 3.25. The Morgan fingerprint density at radius 2 is 1.96 bits per heavy atom. The molecule has 0 saturated carbocycles. The van der Waals surface area contributed by atoms with Gasteiger partial charge in [0.15, 0.2) is 0 Å². The Morgan fingerprint density at radius 3 is 2.50 bits per heavy atom. The molecule has 0 atom stereocenters. The van der Waals surface area contributed by atoms with Gasteiger partial charge in [0, 0.05) is 30.2 Å². The maximum Gasteiger partial charge on any atom is 0.415 e. The number of rotatable bonds is 7. The van der Waals surface area contributed by atoms with E-state index in [4.69, 9.17) is 9.15 Å². The minimum atomic E-state index is -1.06. The highest BCUT2D eigenvalue weighted by molar-refractivity contribution is 5.86. The number of hydrogen-bond acceptors (Lipinski definition) is 7. The summed E-state index contributed by atoms with van der Waals surface area (Å²) in [6.45, 7) is 8.47.